The van der Waals surface area contributed by atoms with Crippen LogP contribution in [0, 0.1) is 0 Å². The third-order valence-electron chi connectivity index (χ3n) is 3.14. The highest BCUT2D eigenvalue weighted by atomic mass is 35.5. The van der Waals surface area contributed by atoms with Gasteiger partial charge in [-0.3, -0.25) is 10.2 Å². The largest absolute Gasteiger partial charge is 0.358 e. The molecule has 0 spiro atoms. The second-order valence-electron chi connectivity index (χ2n) is 4.02. The van der Waals surface area contributed by atoms with Gasteiger partial charge in [0, 0.05) is 6.54 Å². The lowest BCUT2D eigenvalue weighted by molar-refractivity contribution is -0.0482. The fourth-order valence-corrected chi connectivity index (χ4v) is 2.43. The number of hydrogen-bond acceptors (Lipinski definition) is 3. The van der Waals surface area contributed by atoms with Crippen LogP contribution in [-0.4, -0.2) is 43.4 Å². The molecule has 0 radical (unpaired) electrons. The summed E-state index contributed by atoms with van der Waals surface area (Å²) in [5.74, 6) is 0. The van der Waals surface area contributed by atoms with Crippen molar-refractivity contribution in [3.05, 3.63) is 0 Å². The maximum atomic E-state index is 5.74. The molecule has 2 aliphatic heterocycles. The molecular weight excluding hydrogens is 188 g/mol. The SMILES string of the molecule is CN1CCCC1C1(C)NCCO1.Cl. The molecule has 0 aromatic rings. The molecule has 0 amide bonds. The third-order valence-corrected chi connectivity index (χ3v) is 3.14. The predicted octanol–water partition coefficient (Wildman–Crippen LogP) is 0.838. The number of nitrogens with one attached hydrogen (secondary N) is 1. The molecule has 2 fully saturated rings. The smallest absolute Gasteiger partial charge is 0.132 e. The van der Waals surface area contributed by atoms with Gasteiger partial charge in [0.25, 0.3) is 0 Å². The second-order valence-corrected chi connectivity index (χ2v) is 4.02. The summed E-state index contributed by atoms with van der Waals surface area (Å²) >= 11 is 0. The lowest BCUT2D eigenvalue weighted by Crippen LogP contribution is -2.53. The summed E-state index contributed by atoms with van der Waals surface area (Å²) in [4.78, 5) is 2.40. The maximum Gasteiger partial charge on any atom is 0.132 e. The van der Waals surface area contributed by atoms with Crippen LogP contribution in [0.25, 0.3) is 0 Å². The van der Waals surface area contributed by atoms with E-state index in [1.54, 1.807) is 0 Å². The second kappa shape index (κ2) is 4.13. The minimum Gasteiger partial charge on any atom is -0.358 e. The molecule has 4 heteroatoms. The summed E-state index contributed by atoms with van der Waals surface area (Å²) in [7, 11) is 2.19. The van der Waals surface area contributed by atoms with Crippen molar-refractivity contribution in [3.63, 3.8) is 0 Å². The van der Waals surface area contributed by atoms with Gasteiger partial charge in [0.1, 0.15) is 5.72 Å². The van der Waals surface area contributed by atoms with Crippen LogP contribution in [0.1, 0.15) is 19.8 Å². The van der Waals surface area contributed by atoms with Gasteiger partial charge in [-0.1, -0.05) is 0 Å². The average molecular weight is 207 g/mol. The van der Waals surface area contributed by atoms with Gasteiger partial charge in [-0.05, 0) is 33.4 Å². The van der Waals surface area contributed by atoms with Gasteiger partial charge in [-0.25, -0.2) is 0 Å². The van der Waals surface area contributed by atoms with Crippen molar-refractivity contribution in [3.8, 4) is 0 Å². The van der Waals surface area contributed by atoms with Crippen LogP contribution < -0.4 is 5.32 Å². The molecule has 2 saturated heterocycles. The Hall–Kier alpha value is 0.170. The highest BCUT2D eigenvalue weighted by molar-refractivity contribution is 5.85. The topological polar surface area (TPSA) is 24.5 Å². The van der Waals surface area contributed by atoms with Gasteiger partial charge in [0.15, 0.2) is 0 Å². The van der Waals surface area contributed by atoms with E-state index in [1.807, 2.05) is 0 Å². The summed E-state index contributed by atoms with van der Waals surface area (Å²) in [6.07, 6.45) is 2.57. The molecule has 2 unspecified atom stereocenters. The van der Waals surface area contributed by atoms with E-state index in [1.165, 1.54) is 19.4 Å². The number of nitrogens with zero attached hydrogens (tertiary/aromatic N) is 1. The van der Waals surface area contributed by atoms with Gasteiger partial charge < -0.3 is 4.74 Å². The zero-order valence-corrected chi connectivity index (χ0v) is 9.19. The van der Waals surface area contributed by atoms with Crippen molar-refractivity contribution in [2.45, 2.75) is 31.5 Å². The van der Waals surface area contributed by atoms with Gasteiger partial charge >= 0.3 is 0 Å². The Morgan fingerprint density at radius 3 is 2.77 bits per heavy atom. The van der Waals surface area contributed by atoms with Crippen molar-refractivity contribution in [1.82, 2.24) is 10.2 Å². The molecule has 0 saturated carbocycles. The highest BCUT2D eigenvalue weighted by Crippen LogP contribution is 2.28. The van der Waals surface area contributed by atoms with Crippen LogP contribution in [-0.2, 0) is 4.74 Å². The number of halogens is 1. The number of likely N-dealkylation sites (tertiary alicyclic amines) is 1. The first-order valence-electron chi connectivity index (χ1n) is 4.81. The van der Waals surface area contributed by atoms with E-state index in [-0.39, 0.29) is 18.1 Å². The molecule has 2 rings (SSSR count). The summed E-state index contributed by atoms with van der Waals surface area (Å²) in [6, 6.07) is 0.569. The normalized spacial score (nSPS) is 40.6. The first kappa shape index (κ1) is 11.2. The van der Waals surface area contributed by atoms with Crippen molar-refractivity contribution in [2.24, 2.45) is 0 Å². The van der Waals surface area contributed by atoms with Crippen molar-refractivity contribution >= 4 is 12.4 Å². The number of hydrogen-bond donors (Lipinski definition) is 1. The Labute approximate surface area is 86.2 Å². The molecule has 0 aromatic carbocycles. The first-order chi connectivity index (χ1) is 5.72. The van der Waals surface area contributed by atoms with Crippen LogP contribution in [0.3, 0.4) is 0 Å². The molecule has 0 bridgehead atoms. The van der Waals surface area contributed by atoms with Gasteiger partial charge in [0.2, 0.25) is 0 Å². The summed E-state index contributed by atoms with van der Waals surface area (Å²) < 4.78 is 5.74. The Morgan fingerprint density at radius 2 is 2.31 bits per heavy atom. The Kier molecular flexibility index (Phi) is 3.57. The minimum atomic E-state index is -0.0781. The quantitative estimate of drug-likeness (QED) is 0.688. The molecule has 0 aliphatic carbocycles. The lowest BCUT2D eigenvalue weighted by atomic mass is 10.0. The highest BCUT2D eigenvalue weighted by Gasteiger charge is 2.42. The molecule has 1 N–H and O–H groups in total. The Morgan fingerprint density at radius 1 is 1.54 bits per heavy atom. The van der Waals surface area contributed by atoms with Gasteiger partial charge in [-0.15, -0.1) is 12.4 Å². The van der Waals surface area contributed by atoms with E-state index < -0.39 is 0 Å². The zero-order chi connectivity index (χ0) is 8.60. The van der Waals surface area contributed by atoms with E-state index in [2.05, 4.69) is 24.2 Å². The number of rotatable bonds is 1. The zero-order valence-electron chi connectivity index (χ0n) is 8.38. The molecule has 2 aliphatic rings. The summed E-state index contributed by atoms with van der Waals surface area (Å²) in [6.45, 7) is 5.25. The van der Waals surface area contributed by atoms with Gasteiger partial charge in [-0.2, -0.15) is 0 Å². The van der Waals surface area contributed by atoms with Crippen LogP contribution in [0.15, 0.2) is 0 Å². The van der Waals surface area contributed by atoms with Gasteiger partial charge in [0.05, 0.1) is 12.6 Å². The minimum absolute atomic E-state index is 0. The standard InChI is InChI=1S/C9H18N2O.ClH/c1-9(10-5-7-12-9)8-4-3-6-11(8)2;/h8,10H,3-7H2,1-2H3;1H. The molecule has 78 valence electrons. The lowest BCUT2D eigenvalue weighted by Gasteiger charge is -2.34. The van der Waals surface area contributed by atoms with Crippen LogP contribution in [0.4, 0.5) is 0 Å². The fraction of sp³-hybridized carbons (Fsp3) is 1.00. The van der Waals surface area contributed by atoms with E-state index in [0.29, 0.717) is 6.04 Å². The van der Waals surface area contributed by atoms with Crippen LogP contribution in [0.2, 0.25) is 0 Å². The maximum absolute atomic E-state index is 5.74. The third kappa shape index (κ3) is 1.99. The van der Waals surface area contributed by atoms with Crippen molar-refractivity contribution < 1.29 is 4.74 Å². The average Bonchev–Trinajstić information content (AvgIpc) is 2.59. The fourth-order valence-electron chi connectivity index (χ4n) is 2.43. The Bertz CT molecular complexity index is 171. The molecule has 13 heavy (non-hydrogen) atoms. The summed E-state index contributed by atoms with van der Waals surface area (Å²) in [5.41, 5.74) is -0.0781. The van der Waals surface area contributed by atoms with E-state index >= 15 is 0 Å². The molecule has 3 nitrogen and oxygen atoms in total. The molecular formula is C9H19ClN2O. The molecule has 2 atom stereocenters. The Balaban J connectivity index is 0.000000845. The van der Waals surface area contributed by atoms with Crippen molar-refractivity contribution in [2.75, 3.05) is 26.7 Å². The molecule has 0 aromatic heterocycles. The monoisotopic (exact) mass is 206 g/mol. The van der Waals surface area contributed by atoms with E-state index in [4.69, 9.17) is 4.74 Å². The predicted molar refractivity (Wildman–Crippen MR) is 55.3 cm³/mol. The number of likely N-dealkylation sites (N-methyl/N-ethyl adjacent to an activating group) is 1. The van der Waals surface area contributed by atoms with Crippen LogP contribution >= 0.6 is 12.4 Å². The van der Waals surface area contributed by atoms with Crippen molar-refractivity contribution in [1.29, 1.82) is 0 Å². The van der Waals surface area contributed by atoms with E-state index in [0.717, 1.165) is 13.2 Å². The van der Waals surface area contributed by atoms with E-state index in [9.17, 15) is 0 Å². The van der Waals surface area contributed by atoms with Crippen LogP contribution in [0.5, 0.6) is 0 Å². The number of ether oxygens (including phenoxy) is 1. The summed E-state index contributed by atoms with van der Waals surface area (Å²) in [5, 5.41) is 3.44. The first-order valence-corrected chi connectivity index (χ1v) is 4.81. The molecule has 2 heterocycles.